The number of hydrogen-bond acceptors (Lipinski definition) is 5. The normalized spacial score (nSPS) is 19.4. The van der Waals surface area contributed by atoms with E-state index in [9.17, 15) is 9.59 Å². The molecule has 0 saturated carbocycles. The molecule has 1 N–H and O–H groups in total. The van der Waals surface area contributed by atoms with E-state index in [1.165, 1.54) is 0 Å². The number of carbonyl (C=O) groups is 2. The molecule has 1 aromatic rings. The molecule has 0 saturated heterocycles. The number of carboxylic acid groups (broad SMARTS) is 1. The smallest absolute Gasteiger partial charge is 0.344 e. The summed E-state index contributed by atoms with van der Waals surface area (Å²) in [7, 11) is 0. The zero-order chi connectivity index (χ0) is 17.4. The van der Waals surface area contributed by atoms with E-state index >= 15 is 0 Å². The van der Waals surface area contributed by atoms with Gasteiger partial charge in [0.1, 0.15) is 5.75 Å². The number of carbonyl (C=O) groups excluding carboxylic acids is 1. The minimum absolute atomic E-state index is 0.177. The summed E-state index contributed by atoms with van der Waals surface area (Å²) in [5.74, 6) is -0.954. The number of allylic oxidation sites excluding steroid dienone is 1. The molecule has 0 radical (unpaired) electrons. The second-order valence-corrected chi connectivity index (χ2v) is 5.18. The Labute approximate surface area is 140 Å². The van der Waals surface area contributed by atoms with Gasteiger partial charge < -0.3 is 14.6 Å². The van der Waals surface area contributed by atoms with Gasteiger partial charge in [0.25, 0.3) is 0 Å². The molecule has 6 heteroatoms. The molecule has 1 heterocycles. The molecule has 6 nitrogen and oxygen atoms in total. The summed E-state index contributed by atoms with van der Waals surface area (Å²) in [6.45, 7) is 2.25. The van der Waals surface area contributed by atoms with Crippen molar-refractivity contribution in [3.05, 3.63) is 54.1 Å². The maximum absolute atomic E-state index is 11.4. The number of ether oxygens (including phenoxy) is 2. The van der Waals surface area contributed by atoms with Crippen LogP contribution in [0.15, 0.2) is 53.6 Å². The molecule has 1 aliphatic rings. The Morgan fingerprint density at radius 2 is 2.25 bits per heavy atom. The van der Waals surface area contributed by atoms with Crippen LogP contribution in [0.4, 0.5) is 0 Å². The molecule has 1 aromatic carbocycles. The quantitative estimate of drug-likeness (QED) is 0.612. The maximum atomic E-state index is 11.4. The van der Waals surface area contributed by atoms with Crippen molar-refractivity contribution in [2.75, 3.05) is 19.8 Å². The Hall–Kier alpha value is -2.89. The van der Waals surface area contributed by atoms with Crippen LogP contribution < -0.4 is 4.74 Å². The second kappa shape index (κ2) is 8.10. The maximum Gasteiger partial charge on any atom is 0.344 e. The SMILES string of the molecule is CCOC(=O)COc1cccc(C2(/C=C/C(=O)O)C=CC=NC2)c1. The van der Waals surface area contributed by atoms with Crippen LogP contribution in [0.1, 0.15) is 12.5 Å². The van der Waals surface area contributed by atoms with Crippen molar-refractivity contribution >= 4 is 18.2 Å². The number of carboxylic acids is 1. The Morgan fingerprint density at radius 1 is 1.42 bits per heavy atom. The molecule has 1 atom stereocenters. The predicted molar refractivity (Wildman–Crippen MR) is 89.5 cm³/mol. The second-order valence-electron chi connectivity index (χ2n) is 5.18. The molecule has 0 bridgehead atoms. The summed E-state index contributed by atoms with van der Waals surface area (Å²) >= 11 is 0. The van der Waals surface area contributed by atoms with Crippen molar-refractivity contribution in [1.29, 1.82) is 0 Å². The molecule has 0 aliphatic carbocycles. The Morgan fingerprint density at radius 3 is 2.92 bits per heavy atom. The summed E-state index contributed by atoms with van der Waals surface area (Å²) in [5, 5.41) is 8.93. The first-order valence-corrected chi connectivity index (χ1v) is 7.54. The Bertz CT molecular complexity index is 692. The van der Waals surface area contributed by atoms with Crippen LogP contribution in [0.5, 0.6) is 5.75 Å². The zero-order valence-electron chi connectivity index (χ0n) is 13.3. The van der Waals surface area contributed by atoms with E-state index in [1.807, 2.05) is 12.1 Å². The lowest BCUT2D eigenvalue weighted by Crippen LogP contribution is -2.27. The molecule has 0 aromatic heterocycles. The van der Waals surface area contributed by atoms with E-state index in [-0.39, 0.29) is 6.61 Å². The number of aliphatic carboxylic acids is 1. The highest BCUT2D eigenvalue weighted by molar-refractivity contribution is 5.81. The Kier molecular flexibility index (Phi) is 5.89. The van der Waals surface area contributed by atoms with Gasteiger partial charge in [-0.05, 0) is 30.7 Å². The average molecular weight is 329 g/mol. The van der Waals surface area contributed by atoms with Crippen molar-refractivity contribution in [3.63, 3.8) is 0 Å². The minimum atomic E-state index is -1.02. The predicted octanol–water partition coefficient (Wildman–Crippen LogP) is 2.15. The van der Waals surface area contributed by atoms with Gasteiger partial charge >= 0.3 is 11.9 Å². The molecule has 126 valence electrons. The lowest BCUT2D eigenvalue weighted by atomic mass is 9.78. The minimum Gasteiger partial charge on any atom is -0.482 e. The third kappa shape index (κ3) is 4.55. The largest absolute Gasteiger partial charge is 0.482 e. The topological polar surface area (TPSA) is 85.2 Å². The molecule has 1 aliphatic heterocycles. The third-order valence-electron chi connectivity index (χ3n) is 3.49. The highest BCUT2D eigenvalue weighted by Crippen LogP contribution is 2.32. The Balaban J connectivity index is 2.23. The molecular formula is C18H19NO5. The van der Waals surface area contributed by atoms with Gasteiger partial charge in [0.05, 0.1) is 18.6 Å². The molecule has 0 fully saturated rings. The van der Waals surface area contributed by atoms with Gasteiger partial charge in [0, 0.05) is 12.3 Å². The summed E-state index contributed by atoms with van der Waals surface area (Å²) in [4.78, 5) is 26.5. The monoisotopic (exact) mass is 329 g/mol. The summed E-state index contributed by atoms with van der Waals surface area (Å²) in [6, 6.07) is 7.16. The summed E-state index contributed by atoms with van der Waals surface area (Å²) in [5.41, 5.74) is 0.172. The fourth-order valence-electron chi connectivity index (χ4n) is 2.36. The number of benzene rings is 1. The van der Waals surface area contributed by atoms with Crippen LogP contribution in [0, 0.1) is 0 Å². The number of rotatable bonds is 7. The summed E-state index contributed by atoms with van der Waals surface area (Å²) in [6.07, 6.45) is 8.06. The van der Waals surface area contributed by atoms with E-state index < -0.39 is 17.4 Å². The van der Waals surface area contributed by atoms with Gasteiger partial charge in [-0.1, -0.05) is 24.3 Å². The van der Waals surface area contributed by atoms with Crippen LogP contribution >= 0.6 is 0 Å². The molecule has 0 amide bonds. The van der Waals surface area contributed by atoms with Crippen molar-refractivity contribution in [2.24, 2.45) is 4.99 Å². The van der Waals surface area contributed by atoms with Gasteiger partial charge in [-0.2, -0.15) is 0 Å². The first-order valence-electron chi connectivity index (χ1n) is 7.54. The molecule has 1 unspecified atom stereocenters. The standard InChI is InChI=1S/C18H19NO5/c1-2-23-17(22)12-24-15-6-3-5-14(11-15)18(9-7-16(20)21)8-4-10-19-13-18/h3-11H,2,12-13H2,1H3,(H,20,21)/b9-7+. The van der Waals surface area contributed by atoms with Crippen molar-refractivity contribution < 1.29 is 24.2 Å². The van der Waals surface area contributed by atoms with Crippen LogP contribution in [-0.2, 0) is 19.7 Å². The van der Waals surface area contributed by atoms with E-state index in [1.54, 1.807) is 43.5 Å². The van der Waals surface area contributed by atoms with Gasteiger partial charge in [0.2, 0.25) is 0 Å². The van der Waals surface area contributed by atoms with E-state index in [0.29, 0.717) is 18.9 Å². The van der Waals surface area contributed by atoms with E-state index in [0.717, 1.165) is 11.6 Å². The van der Waals surface area contributed by atoms with Gasteiger partial charge in [0.15, 0.2) is 6.61 Å². The van der Waals surface area contributed by atoms with Crippen molar-refractivity contribution in [3.8, 4) is 5.75 Å². The number of esters is 1. The van der Waals surface area contributed by atoms with Crippen LogP contribution in [-0.4, -0.2) is 43.0 Å². The van der Waals surface area contributed by atoms with Crippen LogP contribution in [0.3, 0.4) is 0 Å². The number of aliphatic imine (C=N–C) groups is 1. The lowest BCUT2D eigenvalue weighted by molar-refractivity contribution is -0.145. The molecular weight excluding hydrogens is 310 g/mol. The van der Waals surface area contributed by atoms with Gasteiger partial charge in [-0.15, -0.1) is 0 Å². The number of nitrogens with zero attached hydrogens (tertiary/aromatic N) is 1. The van der Waals surface area contributed by atoms with Crippen LogP contribution in [0.2, 0.25) is 0 Å². The van der Waals surface area contributed by atoms with Gasteiger partial charge in [-0.25, -0.2) is 9.59 Å². The molecule has 2 rings (SSSR count). The van der Waals surface area contributed by atoms with Crippen LogP contribution in [0.25, 0.3) is 0 Å². The number of dihydropyridines is 1. The van der Waals surface area contributed by atoms with E-state index in [4.69, 9.17) is 14.6 Å². The van der Waals surface area contributed by atoms with Crippen molar-refractivity contribution in [1.82, 2.24) is 0 Å². The van der Waals surface area contributed by atoms with E-state index in [2.05, 4.69) is 4.99 Å². The van der Waals surface area contributed by atoms with Gasteiger partial charge in [-0.3, -0.25) is 4.99 Å². The molecule has 0 spiro atoms. The number of hydrogen-bond donors (Lipinski definition) is 1. The molecule has 24 heavy (non-hydrogen) atoms. The third-order valence-corrected chi connectivity index (χ3v) is 3.49. The average Bonchev–Trinajstić information content (AvgIpc) is 2.59. The first-order chi connectivity index (χ1) is 11.6. The lowest BCUT2D eigenvalue weighted by Gasteiger charge is -2.28. The summed E-state index contributed by atoms with van der Waals surface area (Å²) < 4.78 is 10.3. The fraction of sp³-hybridized carbons (Fsp3) is 0.278. The zero-order valence-corrected chi connectivity index (χ0v) is 13.3. The first kappa shape index (κ1) is 17.5. The highest BCUT2D eigenvalue weighted by Gasteiger charge is 2.28. The van der Waals surface area contributed by atoms with Crippen molar-refractivity contribution in [2.45, 2.75) is 12.3 Å². The fourth-order valence-corrected chi connectivity index (χ4v) is 2.36. The highest BCUT2D eigenvalue weighted by atomic mass is 16.6.